The SMILES string of the molecule is C.O=[PH]([O-])[O-].[Zn+2]. The topological polar surface area (TPSA) is 63.2 Å². The first-order chi connectivity index (χ1) is 1.73. The molecule has 0 unspecified atom stereocenters. The van der Waals surface area contributed by atoms with Crippen molar-refractivity contribution in [3.05, 3.63) is 0 Å². The second-order valence-corrected chi connectivity index (χ2v) is 0.750. The minimum Gasteiger partial charge on any atom is -0.813 e. The summed E-state index contributed by atoms with van der Waals surface area (Å²) in [5.74, 6) is 0. The molecule has 5 heteroatoms. The van der Waals surface area contributed by atoms with E-state index < -0.39 is 8.25 Å². The van der Waals surface area contributed by atoms with E-state index in [1.807, 2.05) is 0 Å². The summed E-state index contributed by atoms with van der Waals surface area (Å²) in [5.41, 5.74) is 0. The first-order valence-corrected chi connectivity index (χ1v) is 1.84. The number of hydrogen-bond donors (Lipinski definition) is 0. The van der Waals surface area contributed by atoms with Crippen LogP contribution in [0, 0.1) is 0 Å². The Balaban J connectivity index is -0.0000000450. The van der Waals surface area contributed by atoms with E-state index in [1.165, 1.54) is 0 Å². The molecule has 0 radical (unpaired) electrons. The maximum atomic E-state index is 8.52. The fourth-order valence-electron chi connectivity index (χ4n) is 0. The Morgan fingerprint density at radius 3 is 1.33 bits per heavy atom. The molecule has 0 aromatic heterocycles. The third-order valence-electron chi connectivity index (χ3n) is 0. The van der Waals surface area contributed by atoms with E-state index >= 15 is 0 Å². The van der Waals surface area contributed by atoms with Gasteiger partial charge in [0.2, 0.25) is 0 Å². The molecule has 0 saturated heterocycles. The molecule has 0 rings (SSSR count). The molecule has 3 nitrogen and oxygen atoms in total. The molecule has 6 heavy (non-hydrogen) atoms. The summed E-state index contributed by atoms with van der Waals surface area (Å²) in [6, 6.07) is 0. The van der Waals surface area contributed by atoms with Crippen molar-refractivity contribution in [3.63, 3.8) is 0 Å². The zero-order chi connectivity index (χ0) is 3.58. The van der Waals surface area contributed by atoms with Gasteiger partial charge in [0.05, 0.1) is 0 Å². The van der Waals surface area contributed by atoms with E-state index in [0.717, 1.165) is 0 Å². The van der Waals surface area contributed by atoms with Gasteiger partial charge in [0.25, 0.3) is 0 Å². The van der Waals surface area contributed by atoms with Crippen molar-refractivity contribution < 1.29 is 33.8 Å². The van der Waals surface area contributed by atoms with Gasteiger partial charge in [-0.05, 0) is 0 Å². The molecular weight excluding hydrogens is 156 g/mol. The van der Waals surface area contributed by atoms with Gasteiger partial charge in [0, 0.05) is 0 Å². The van der Waals surface area contributed by atoms with E-state index in [1.54, 1.807) is 0 Å². The van der Waals surface area contributed by atoms with E-state index in [0.29, 0.717) is 0 Å². The molecule has 0 atom stereocenters. The standard InChI is InChI=1S/CH4.H3O3P.Zn/c;1-4(2)3;/h1H4;4H,(H2,1,2,3);/q;;+2/p-2. The van der Waals surface area contributed by atoms with Crippen LogP contribution < -0.4 is 9.79 Å². The maximum absolute atomic E-state index is 8.52. The van der Waals surface area contributed by atoms with Crippen molar-refractivity contribution in [2.24, 2.45) is 0 Å². The van der Waals surface area contributed by atoms with E-state index in [-0.39, 0.29) is 26.9 Å². The van der Waals surface area contributed by atoms with Crippen LogP contribution in [-0.2, 0) is 24.0 Å². The number of rotatable bonds is 0. The van der Waals surface area contributed by atoms with Crippen LogP contribution in [0.1, 0.15) is 7.43 Å². The van der Waals surface area contributed by atoms with Crippen molar-refractivity contribution >= 4 is 8.25 Å². The summed E-state index contributed by atoms with van der Waals surface area (Å²) in [5, 5.41) is 0. The molecule has 0 N–H and O–H groups in total. The van der Waals surface area contributed by atoms with E-state index in [4.69, 9.17) is 14.4 Å². The van der Waals surface area contributed by atoms with Crippen molar-refractivity contribution in [2.45, 2.75) is 7.43 Å². The molecule has 0 aromatic rings. The Kier molecular flexibility index (Phi) is 24.4. The van der Waals surface area contributed by atoms with Crippen LogP contribution in [0.2, 0.25) is 0 Å². The molecule has 0 aromatic carbocycles. The summed E-state index contributed by atoms with van der Waals surface area (Å²) in [4.78, 5) is 17.0. The smallest absolute Gasteiger partial charge is 0.813 e. The monoisotopic (exact) mass is 160 g/mol. The Bertz CT molecular complexity index is 33.8. The molecule has 0 aliphatic carbocycles. The Labute approximate surface area is 50.1 Å². The summed E-state index contributed by atoms with van der Waals surface area (Å²) in [6.45, 7) is 0. The van der Waals surface area contributed by atoms with Crippen LogP contribution in [-0.4, -0.2) is 0 Å². The number of hydrogen-bond acceptors (Lipinski definition) is 3. The average Bonchev–Trinajstić information content (AvgIpc) is 0.811. The molecule has 0 aliphatic heterocycles. The average molecular weight is 161 g/mol. The molecule has 0 fully saturated rings. The second kappa shape index (κ2) is 9.24. The molecule has 0 spiro atoms. The third kappa shape index (κ3) is 114. The summed E-state index contributed by atoms with van der Waals surface area (Å²) >= 11 is 0. The van der Waals surface area contributed by atoms with Crippen molar-refractivity contribution in [3.8, 4) is 0 Å². The first-order valence-electron chi connectivity index (χ1n) is 0.612. The quantitative estimate of drug-likeness (QED) is 0.329. The normalized spacial score (nSPS) is 5.83. The van der Waals surface area contributed by atoms with Crippen molar-refractivity contribution in [2.75, 3.05) is 0 Å². The van der Waals surface area contributed by atoms with Crippen LogP contribution in [0.3, 0.4) is 0 Å². The van der Waals surface area contributed by atoms with Gasteiger partial charge in [0.15, 0.2) is 0 Å². The van der Waals surface area contributed by atoms with Gasteiger partial charge in [-0.3, -0.25) is 0 Å². The fraction of sp³-hybridized carbons (Fsp3) is 1.00. The van der Waals surface area contributed by atoms with Gasteiger partial charge in [-0.25, -0.2) is 0 Å². The Hall–Kier alpha value is 0.773. The molecule has 34 valence electrons. The maximum Gasteiger partial charge on any atom is 2.00 e. The van der Waals surface area contributed by atoms with Gasteiger partial charge < -0.3 is 14.4 Å². The van der Waals surface area contributed by atoms with Crippen molar-refractivity contribution in [1.29, 1.82) is 0 Å². The molecule has 0 bridgehead atoms. The largest absolute Gasteiger partial charge is 2.00 e. The molecule has 0 aliphatic rings. The van der Waals surface area contributed by atoms with Gasteiger partial charge in [0.1, 0.15) is 0 Å². The molecule has 0 saturated carbocycles. The fourth-order valence-corrected chi connectivity index (χ4v) is 0. The minimum atomic E-state index is -3.63. The van der Waals surface area contributed by atoms with E-state index in [9.17, 15) is 0 Å². The summed E-state index contributed by atoms with van der Waals surface area (Å²) in [6.07, 6.45) is 0. The molecular formula is CH5O3PZn. The minimum absolute atomic E-state index is 0. The zero-order valence-electron chi connectivity index (χ0n) is 2.43. The van der Waals surface area contributed by atoms with Gasteiger partial charge in [-0.2, -0.15) is 0 Å². The molecule has 0 amide bonds. The predicted octanol–water partition coefficient (Wildman–Crippen LogP) is -1.27. The Morgan fingerprint density at radius 1 is 1.33 bits per heavy atom. The zero-order valence-corrected chi connectivity index (χ0v) is 6.40. The van der Waals surface area contributed by atoms with Crippen LogP contribution in [0.15, 0.2) is 0 Å². The second-order valence-electron chi connectivity index (χ2n) is 0.250. The predicted molar refractivity (Wildman–Crippen MR) is 15.7 cm³/mol. The third-order valence-corrected chi connectivity index (χ3v) is 0. The first kappa shape index (κ1) is 15.9. The van der Waals surface area contributed by atoms with Gasteiger partial charge in [-0.15, -0.1) is 0 Å². The van der Waals surface area contributed by atoms with Gasteiger partial charge in [-0.1, -0.05) is 15.7 Å². The van der Waals surface area contributed by atoms with Crippen LogP contribution in [0.4, 0.5) is 0 Å². The van der Waals surface area contributed by atoms with Gasteiger partial charge >= 0.3 is 19.5 Å². The van der Waals surface area contributed by atoms with Crippen LogP contribution >= 0.6 is 8.25 Å². The van der Waals surface area contributed by atoms with Crippen LogP contribution in [0.25, 0.3) is 0 Å². The Morgan fingerprint density at radius 2 is 1.33 bits per heavy atom. The van der Waals surface area contributed by atoms with Crippen LogP contribution in [0.5, 0.6) is 0 Å². The van der Waals surface area contributed by atoms with Crippen molar-refractivity contribution in [1.82, 2.24) is 0 Å². The summed E-state index contributed by atoms with van der Waals surface area (Å²) < 4.78 is 8.52. The molecule has 0 heterocycles. The van der Waals surface area contributed by atoms with E-state index in [2.05, 4.69) is 0 Å². The summed E-state index contributed by atoms with van der Waals surface area (Å²) in [7, 11) is -3.63.